The molecule has 328 valence electrons. The number of amides is 1. The first-order valence-electron chi connectivity index (χ1n) is 24.4. The van der Waals surface area contributed by atoms with Crippen molar-refractivity contribution in [3.63, 3.8) is 0 Å². The Morgan fingerprint density at radius 2 is 0.821 bits per heavy atom. The monoisotopic (exact) mass is 786 g/mol. The van der Waals surface area contributed by atoms with E-state index in [0.29, 0.717) is 6.42 Å². The molecule has 0 radical (unpaired) electrons. The highest BCUT2D eigenvalue weighted by Crippen LogP contribution is 2.15. The Morgan fingerprint density at radius 3 is 1.25 bits per heavy atom. The van der Waals surface area contributed by atoms with Gasteiger partial charge in [-0.1, -0.05) is 223 Å². The van der Waals surface area contributed by atoms with Crippen LogP contribution in [0, 0.1) is 0 Å². The van der Waals surface area contributed by atoms with E-state index in [0.717, 1.165) is 51.4 Å². The van der Waals surface area contributed by atoms with Gasteiger partial charge in [0.15, 0.2) is 0 Å². The van der Waals surface area contributed by atoms with Crippen LogP contribution in [-0.2, 0) is 4.79 Å². The number of carbonyl (C=O) groups is 1. The number of rotatable bonds is 44. The van der Waals surface area contributed by atoms with Crippen LogP contribution in [-0.4, -0.2) is 46.1 Å². The second kappa shape index (κ2) is 46.0. The fraction of sp³-hybridized carbons (Fsp3) is 0.824. The highest BCUT2D eigenvalue weighted by molar-refractivity contribution is 5.76. The average molecular weight is 786 g/mol. The van der Waals surface area contributed by atoms with Crippen molar-refractivity contribution in [3.8, 4) is 0 Å². The van der Waals surface area contributed by atoms with Gasteiger partial charge in [-0.3, -0.25) is 4.79 Å². The Labute approximate surface area is 348 Å². The van der Waals surface area contributed by atoms with Crippen molar-refractivity contribution in [1.29, 1.82) is 0 Å². The zero-order chi connectivity index (χ0) is 40.8. The predicted molar refractivity (Wildman–Crippen MR) is 245 cm³/mol. The standard InChI is InChI=1S/C51H95NO4/c1-3-5-7-9-11-13-15-17-19-21-23-25-26-28-30-32-34-36-38-40-42-44-48(54)46-51(56)52-49(47-53)50(55)45-43-41-39-37-35-33-31-29-27-24-22-20-18-16-14-12-10-8-6-4-2/h23,25,28,30,35,37,43,45,48-50,53-55H,3-22,24,26-27,29,31-34,36,38-42,44,46-47H2,1-2H3,(H,52,56)/b25-23-,30-28-,37-35+,45-43+. The normalized spacial score (nSPS) is 13.9. The van der Waals surface area contributed by atoms with Crippen LogP contribution in [0.3, 0.4) is 0 Å². The molecule has 0 aliphatic carbocycles. The lowest BCUT2D eigenvalue weighted by Crippen LogP contribution is -2.45. The summed E-state index contributed by atoms with van der Waals surface area (Å²) in [6.45, 7) is 4.21. The fourth-order valence-corrected chi connectivity index (χ4v) is 7.33. The molecule has 0 aromatic rings. The molecular formula is C51H95NO4. The lowest BCUT2D eigenvalue weighted by atomic mass is 10.0. The van der Waals surface area contributed by atoms with Crippen LogP contribution < -0.4 is 5.32 Å². The van der Waals surface area contributed by atoms with E-state index in [-0.39, 0.29) is 18.9 Å². The minimum absolute atomic E-state index is 0.00449. The number of hydrogen-bond donors (Lipinski definition) is 4. The molecule has 0 saturated carbocycles. The summed E-state index contributed by atoms with van der Waals surface area (Å²) in [4.78, 5) is 12.5. The average Bonchev–Trinajstić information content (AvgIpc) is 3.19. The summed E-state index contributed by atoms with van der Waals surface area (Å²) in [6, 6.07) is -0.767. The molecule has 3 unspecified atom stereocenters. The van der Waals surface area contributed by atoms with Crippen LogP contribution in [0.4, 0.5) is 0 Å². The molecule has 56 heavy (non-hydrogen) atoms. The molecule has 0 aliphatic heterocycles. The van der Waals surface area contributed by atoms with Gasteiger partial charge in [-0.25, -0.2) is 0 Å². The van der Waals surface area contributed by atoms with Gasteiger partial charge in [0.05, 0.1) is 31.3 Å². The maximum absolute atomic E-state index is 12.5. The first-order valence-corrected chi connectivity index (χ1v) is 24.4. The molecule has 0 bridgehead atoms. The number of allylic oxidation sites excluding steroid dienone is 7. The summed E-state index contributed by atoms with van der Waals surface area (Å²) in [5.41, 5.74) is 0. The van der Waals surface area contributed by atoms with Crippen molar-refractivity contribution in [2.75, 3.05) is 6.61 Å². The van der Waals surface area contributed by atoms with Gasteiger partial charge in [0, 0.05) is 0 Å². The molecule has 5 heteroatoms. The molecule has 0 heterocycles. The number of hydrogen-bond acceptors (Lipinski definition) is 4. The molecule has 0 saturated heterocycles. The molecule has 5 nitrogen and oxygen atoms in total. The Kier molecular flexibility index (Phi) is 44.6. The quantitative estimate of drug-likeness (QED) is 0.0366. The van der Waals surface area contributed by atoms with Gasteiger partial charge in [-0.15, -0.1) is 0 Å². The van der Waals surface area contributed by atoms with E-state index in [2.05, 4.69) is 55.6 Å². The molecule has 0 spiro atoms. The van der Waals surface area contributed by atoms with Crippen molar-refractivity contribution in [2.24, 2.45) is 0 Å². The Hall–Kier alpha value is -1.69. The van der Waals surface area contributed by atoms with Crippen molar-refractivity contribution >= 4 is 5.91 Å². The fourth-order valence-electron chi connectivity index (χ4n) is 7.33. The van der Waals surface area contributed by atoms with Crippen molar-refractivity contribution < 1.29 is 20.1 Å². The third kappa shape index (κ3) is 41.9. The van der Waals surface area contributed by atoms with Gasteiger partial charge in [0.2, 0.25) is 5.91 Å². The van der Waals surface area contributed by atoms with E-state index in [1.165, 1.54) is 167 Å². The Bertz CT molecular complexity index is 912. The summed E-state index contributed by atoms with van der Waals surface area (Å²) in [5.74, 6) is -0.333. The molecule has 4 N–H and O–H groups in total. The van der Waals surface area contributed by atoms with Crippen molar-refractivity contribution in [1.82, 2.24) is 5.32 Å². The van der Waals surface area contributed by atoms with E-state index >= 15 is 0 Å². The summed E-state index contributed by atoms with van der Waals surface area (Å²) in [5, 5.41) is 33.3. The predicted octanol–water partition coefficient (Wildman–Crippen LogP) is 14.5. The van der Waals surface area contributed by atoms with E-state index in [4.69, 9.17) is 0 Å². The van der Waals surface area contributed by atoms with Gasteiger partial charge in [0.1, 0.15) is 0 Å². The molecule has 0 aliphatic rings. The van der Waals surface area contributed by atoms with Crippen LogP contribution in [0.5, 0.6) is 0 Å². The zero-order valence-corrected chi connectivity index (χ0v) is 37.3. The number of nitrogens with one attached hydrogen (secondary N) is 1. The number of unbranched alkanes of at least 4 members (excludes halogenated alkanes) is 29. The molecule has 0 aromatic heterocycles. The first kappa shape index (κ1) is 54.3. The van der Waals surface area contributed by atoms with Crippen molar-refractivity contribution in [3.05, 3.63) is 48.6 Å². The van der Waals surface area contributed by atoms with Crippen LogP contribution in [0.15, 0.2) is 48.6 Å². The van der Waals surface area contributed by atoms with E-state index in [1.54, 1.807) is 6.08 Å². The molecule has 0 rings (SSSR count). The summed E-state index contributed by atoms with van der Waals surface area (Å²) >= 11 is 0. The van der Waals surface area contributed by atoms with Crippen LogP contribution in [0.2, 0.25) is 0 Å². The third-order valence-electron chi connectivity index (χ3n) is 11.1. The molecular weight excluding hydrogens is 691 g/mol. The highest BCUT2D eigenvalue weighted by atomic mass is 16.3. The van der Waals surface area contributed by atoms with Gasteiger partial charge in [-0.2, -0.15) is 0 Å². The van der Waals surface area contributed by atoms with Crippen LogP contribution in [0.1, 0.15) is 245 Å². The largest absolute Gasteiger partial charge is 0.394 e. The Morgan fingerprint density at radius 1 is 0.464 bits per heavy atom. The lowest BCUT2D eigenvalue weighted by Gasteiger charge is -2.20. The smallest absolute Gasteiger partial charge is 0.222 e. The first-order chi connectivity index (χ1) is 27.5. The second-order valence-electron chi connectivity index (χ2n) is 16.7. The van der Waals surface area contributed by atoms with Crippen LogP contribution >= 0.6 is 0 Å². The molecule has 3 atom stereocenters. The minimum atomic E-state index is -0.957. The van der Waals surface area contributed by atoms with E-state index in [1.807, 2.05) is 6.08 Å². The summed E-state index contributed by atoms with van der Waals surface area (Å²) in [6.07, 6.45) is 59.8. The van der Waals surface area contributed by atoms with E-state index < -0.39 is 18.2 Å². The van der Waals surface area contributed by atoms with Gasteiger partial charge in [-0.05, 0) is 64.2 Å². The van der Waals surface area contributed by atoms with Gasteiger partial charge < -0.3 is 20.6 Å². The van der Waals surface area contributed by atoms with Gasteiger partial charge in [0.25, 0.3) is 0 Å². The highest BCUT2D eigenvalue weighted by Gasteiger charge is 2.20. The van der Waals surface area contributed by atoms with Gasteiger partial charge >= 0.3 is 0 Å². The number of carbonyl (C=O) groups excluding carboxylic acids is 1. The van der Waals surface area contributed by atoms with Crippen molar-refractivity contribution in [2.45, 2.75) is 263 Å². The maximum Gasteiger partial charge on any atom is 0.222 e. The number of aliphatic hydroxyl groups excluding tert-OH is 3. The topological polar surface area (TPSA) is 89.8 Å². The minimum Gasteiger partial charge on any atom is -0.394 e. The number of aliphatic hydroxyl groups is 3. The van der Waals surface area contributed by atoms with Crippen LogP contribution in [0.25, 0.3) is 0 Å². The summed E-state index contributed by atoms with van der Waals surface area (Å²) < 4.78 is 0. The SMILES string of the molecule is CCCCCCCCCCC/C=C\C/C=C\CCCCCCCC(O)CC(=O)NC(CO)C(O)/C=C/CC/C=C/CCCCCCCCCCCCCCCC. The molecule has 0 fully saturated rings. The third-order valence-corrected chi connectivity index (χ3v) is 11.1. The Balaban J connectivity index is 3.71. The van der Waals surface area contributed by atoms with E-state index in [9.17, 15) is 20.1 Å². The maximum atomic E-state index is 12.5. The summed E-state index contributed by atoms with van der Waals surface area (Å²) in [7, 11) is 0. The second-order valence-corrected chi connectivity index (χ2v) is 16.7. The zero-order valence-electron chi connectivity index (χ0n) is 37.3. The molecule has 1 amide bonds. The lowest BCUT2D eigenvalue weighted by molar-refractivity contribution is -0.124. The molecule has 0 aromatic carbocycles.